The van der Waals surface area contributed by atoms with Crippen LogP contribution in [-0.4, -0.2) is 43.6 Å². The van der Waals surface area contributed by atoms with Gasteiger partial charge in [-0.25, -0.2) is 0 Å². The van der Waals surface area contributed by atoms with Gasteiger partial charge in [0, 0.05) is 37.7 Å². The first kappa shape index (κ1) is 17.0. The molecule has 1 aromatic rings. The predicted octanol–water partition coefficient (Wildman–Crippen LogP) is 3.04. The van der Waals surface area contributed by atoms with Crippen molar-refractivity contribution in [1.29, 1.82) is 0 Å². The Morgan fingerprint density at radius 1 is 1.33 bits per heavy atom. The maximum absolute atomic E-state index is 13.0. The van der Waals surface area contributed by atoms with Gasteiger partial charge in [0.2, 0.25) is 5.91 Å². The predicted molar refractivity (Wildman–Crippen MR) is 97.2 cm³/mol. The first-order chi connectivity index (χ1) is 11.8. The van der Waals surface area contributed by atoms with Crippen molar-refractivity contribution >= 4 is 12.0 Å². The number of nitrogens with zero attached hydrogens (tertiary/aromatic N) is 1. The largest absolute Gasteiger partial charge is 0.493 e. The van der Waals surface area contributed by atoms with Crippen LogP contribution in [-0.2, 0) is 4.79 Å². The maximum atomic E-state index is 13.0. The van der Waals surface area contributed by atoms with Crippen LogP contribution < -0.4 is 10.1 Å². The minimum absolute atomic E-state index is 0.00220. The highest BCUT2D eigenvalue weighted by molar-refractivity contribution is 5.81. The van der Waals surface area contributed by atoms with Crippen molar-refractivity contribution in [3.63, 3.8) is 0 Å². The van der Waals surface area contributed by atoms with E-state index in [9.17, 15) is 4.79 Å². The van der Waals surface area contributed by atoms with Gasteiger partial charge in [-0.05, 0) is 31.7 Å². The fourth-order valence-electron chi connectivity index (χ4n) is 3.95. The molecule has 0 radical (unpaired) electrons. The molecule has 2 fully saturated rings. The Hall–Kier alpha value is -1.81. The lowest BCUT2D eigenvalue weighted by molar-refractivity contribution is -0.136. The molecule has 0 aromatic heterocycles. The quantitative estimate of drug-likeness (QED) is 0.903. The van der Waals surface area contributed by atoms with E-state index in [2.05, 4.69) is 22.9 Å². The zero-order chi connectivity index (χ0) is 16.9. The summed E-state index contributed by atoms with van der Waals surface area (Å²) in [5.74, 6) is 1.36. The summed E-state index contributed by atoms with van der Waals surface area (Å²) in [6.45, 7) is 9.90. The highest BCUT2D eigenvalue weighted by Crippen LogP contribution is 2.38. The lowest BCUT2D eigenvalue weighted by Gasteiger charge is -2.31. The normalized spacial score (nSPS) is 24.0. The number of hydrogen-bond donors (Lipinski definition) is 1. The summed E-state index contributed by atoms with van der Waals surface area (Å²) in [5.41, 5.74) is 2.14. The smallest absolute Gasteiger partial charge is 0.227 e. The first-order valence-corrected chi connectivity index (χ1v) is 9.14. The summed E-state index contributed by atoms with van der Waals surface area (Å²) in [5, 5.41) is 3.42. The Labute approximate surface area is 144 Å². The molecule has 2 heterocycles. The van der Waals surface area contributed by atoms with E-state index in [0.717, 1.165) is 55.9 Å². The topological polar surface area (TPSA) is 41.6 Å². The summed E-state index contributed by atoms with van der Waals surface area (Å²) < 4.78 is 5.92. The Morgan fingerprint density at radius 3 is 2.83 bits per heavy atom. The first-order valence-electron chi connectivity index (χ1n) is 9.14. The number of amides is 1. The standard InChI is InChI=1S/C20H28N2O2/c1-3-15-9-8-10-16(19(15)24-4-2)17-13-21-14-18(17)20(23)22-11-6-5-7-12-22/h3,8-10,17-18,21H,1,4-7,11-14H2,2H3/t17-,18?/m0/s1. The molecule has 1 aromatic carbocycles. The Bertz CT molecular complexity index is 593. The number of nitrogens with one attached hydrogen (secondary N) is 1. The maximum Gasteiger partial charge on any atom is 0.227 e. The number of para-hydroxylation sites is 1. The Kier molecular flexibility index (Phi) is 5.56. The second-order valence-electron chi connectivity index (χ2n) is 6.66. The lowest BCUT2D eigenvalue weighted by Crippen LogP contribution is -2.41. The van der Waals surface area contributed by atoms with Gasteiger partial charge in [0.1, 0.15) is 5.75 Å². The fraction of sp³-hybridized carbons (Fsp3) is 0.550. The van der Waals surface area contributed by atoms with E-state index in [1.807, 2.05) is 25.1 Å². The monoisotopic (exact) mass is 328 g/mol. The second kappa shape index (κ2) is 7.84. The molecule has 1 amide bonds. The van der Waals surface area contributed by atoms with Crippen molar-refractivity contribution in [3.8, 4) is 5.75 Å². The van der Waals surface area contributed by atoms with Crippen LogP contribution in [0.15, 0.2) is 24.8 Å². The molecule has 130 valence electrons. The minimum atomic E-state index is 0.00220. The summed E-state index contributed by atoms with van der Waals surface area (Å²) in [6.07, 6.45) is 5.34. The third kappa shape index (κ3) is 3.34. The SMILES string of the molecule is C=Cc1cccc([C@@H]2CNCC2C(=O)N2CCCCC2)c1OCC. The summed E-state index contributed by atoms with van der Waals surface area (Å²) >= 11 is 0. The molecule has 2 aliphatic heterocycles. The molecule has 3 rings (SSSR count). The van der Waals surface area contributed by atoms with Gasteiger partial charge >= 0.3 is 0 Å². The van der Waals surface area contributed by atoms with Crippen LogP contribution in [0.3, 0.4) is 0 Å². The minimum Gasteiger partial charge on any atom is -0.493 e. The molecule has 1 N–H and O–H groups in total. The molecular formula is C20H28N2O2. The van der Waals surface area contributed by atoms with Crippen LogP contribution in [0.5, 0.6) is 5.75 Å². The number of piperidine rings is 1. The van der Waals surface area contributed by atoms with Crippen LogP contribution in [0.25, 0.3) is 6.08 Å². The van der Waals surface area contributed by atoms with Gasteiger partial charge in [0.25, 0.3) is 0 Å². The molecule has 4 nitrogen and oxygen atoms in total. The third-order valence-electron chi connectivity index (χ3n) is 5.18. The number of hydrogen-bond acceptors (Lipinski definition) is 3. The van der Waals surface area contributed by atoms with Crippen LogP contribution in [0.4, 0.5) is 0 Å². The molecule has 1 unspecified atom stereocenters. The average Bonchev–Trinajstić information content (AvgIpc) is 3.11. The van der Waals surface area contributed by atoms with Crippen LogP contribution in [0, 0.1) is 5.92 Å². The number of carbonyl (C=O) groups excluding carboxylic acids is 1. The molecule has 0 bridgehead atoms. The van der Waals surface area contributed by atoms with Gasteiger partial charge in [-0.15, -0.1) is 0 Å². The lowest BCUT2D eigenvalue weighted by atomic mass is 9.86. The Morgan fingerprint density at radius 2 is 2.12 bits per heavy atom. The van der Waals surface area contributed by atoms with Gasteiger partial charge in [-0.1, -0.05) is 30.9 Å². The van der Waals surface area contributed by atoms with Gasteiger partial charge in [-0.2, -0.15) is 0 Å². The van der Waals surface area contributed by atoms with Crippen molar-refractivity contribution in [2.75, 3.05) is 32.8 Å². The van der Waals surface area contributed by atoms with Crippen LogP contribution in [0.1, 0.15) is 43.2 Å². The molecule has 4 heteroatoms. The van der Waals surface area contributed by atoms with Crippen LogP contribution in [0.2, 0.25) is 0 Å². The molecule has 2 aliphatic rings. The molecule has 0 aliphatic carbocycles. The van der Waals surface area contributed by atoms with Crippen molar-refractivity contribution in [2.24, 2.45) is 5.92 Å². The molecule has 0 spiro atoms. The molecule has 2 atom stereocenters. The molecule has 24 heavy (non-hydrogen) atoms. The van der Waals surface area contributed by atoms with Crippen molar-refractivity contribution in [3.05, 3.63) is 35.9 Å². The van der Waals surface area contributed by atoms with Crippen molar-refractivity contribution in [1.82, 2.24) is 10.2 Å². The van der Waals surface area contributed by atoms with E-state index in [-0.39, 0.29) is 11.8 Å². The molecular weight excluding hydrogens is 300 g/mol. The zero-order valence-electron chi connectivity index (χ0n) is 14.6. The van der Waals surface area contributed by atoms with E-state index in [1.54, 1.807) is 0 Å². The number of benzene rings is 1. The summed E-state index contributed by atoms with van der Waals surface area (Å²) in [7, 11) is 0. The van der Waals surface area contributed by atoms with E-state index in [1.165, 1.54) is 6.42 Å². The van der Waals surface area contributed by atoms with Crippen LogP contribution >= 0.6 is 0 Å². The van der Waals surface area contributed by atoms with E-state index >= 15 is 0 Å². The second-order valence-corrected chi connectivity index (χ2v) is 6.66. The van der Waals surface area contributed by atoms with E-state index in [4.69, 9.17) is 4.74 Å². The summed E-state index contributed by atoms with van der Waals surface area (Å²) in [6, 6.07) is 6.16. The number of rotatable bonds is 5. The molecule has 0 saturated carbocycles. The number of likely N-dealkylation sites (tertiary alicyclic amines) is 1. The number of carbonyl (C=O) groups is 1. The van der Waals surface area contributed by atoms with E-state index < -0.39 is 0 Å². The zero-order valence-corrected chi connectivity index (χ0v) is 14.6. The van der Waals surface area contributed by atoms with Gasteiger partial charge in [-0.3, -0.25) is 4.79 Å². The van der Waals surface area contributed by atoms with Gasteiger partial charge in [0.15, 0.2) is 0 Å². The van der Waals surface area contributed by atoms with Gasteiger partial charge in [0.05, 0.1) is 12.5 Å². The van der Waals surface area contributed by atoms with Crippen molar-refractivity contribution < 1.29 is 9.53 Å². The molecule has 2 saturated heterocycles. The highest BCUT2D eigenvalue weighted by Gasteiger charge is 2.38. The summed E-state index contributed by atoms with van der Waals surface area (Å²) in [4.78, 5) is 15.1. The fourth-order valence-corrected chi connectivity index (χ4v) is 3.95. The van der Waals surface area contributed by atoms with E-state index in [0.29, 0.717) is 12.5 Å². The number of ether oxygens (including phenoxy) is 1. The third-order valence-corrected chi connectivity index (χ3v) is 5.18. The van der Waals surface area contributed by atoms with Gasteiger partial charge < -0.3 is 15.0 Å². The average molecular weight is 328 g/mol. The van der Waals surface area contributed by atoms with Crippen molar-refractivity contribution in [2.45, 2.75) is 32.1 Å². The highest BCUT2D eigenvalue weighted by atomic mass is 16.5. The Balaban J connectivity index is 1.87.